The minimum atomic E-state index is -3.87. The third-order valence-electron chi connectivity index (χ3n) is 5.53. The number of aliphatic hydroxyl groups is 1. The van der Waals surface area contributed by atoms with E-state index in [-0.39, 0.29) is 24.1 Å². The molecule has 0 aliphatic rings. The molecule has 5 N–H and O–H groups in total. The van der Waals surface area contributed by atoms with Gasteiger partial charge in [0.15, 0.2) is 5.69 Å². The van der Waals surface area contributed by atoms with Gasteiger partial charge in [-0.25, -0.2) is 17.2 Å². The fourth-order valence-corrected chi connectivity index (χ4v) is 4.42. The number of carbonyl (C=O) groups is 1. The van der Waals surface area contributed by atoms with E-state index in [1.807, 2.05) is 31.2 Å². The summed E-state index contributed by atoms with van der Waals surface area (Å²) >= 11 is 0. The minimum absolute atomic E-state index is 0.0134. The molecule has 1 amide bonds. The Morgan fingerprint density at radius 3 is 2.42 bits per heavy atom. The molecule has 12 heteroatoms. The first kappa shape index (κ1) is 27.2. The third-order valence-corrected chi connectivity index (χ3v) is 6.09. The van der Waals surface area contributed by atoms with Crippen molar-refractivity contribution in [2.24, 2.45) is 5.73 Å². The van der Waals surface area contributed by atoms with E-state index < -0.39 is 51.2 Å². The smallest absolute Gasteiger partial charge is 0.271 e. The average molecular weight is 523 g/mol. The lowest BCUT2D eigenvalue weighted by atomic mass is 9.86. The number of hydrogen-bond acceptors (Lipinski definition) is 7. The van der Waals surface area contributed by atoms with Crippen LogP contribution in [-0.4, -0.2) is 43.5 Å². The van der Waals surface area contributed by atoms with Gasteiger partial charge < -0.3 is 20.7 Å². The first-order valence-electron chi connectivity index (χ1n) is 11.2. The van der Waals surface area contributed by atoms with Gasteiger partial charge in [0.25, 0.3) is 5.91 Å². The van der Waals surface area contributed by atoms with E-state index in [0.717, 1.165) is 35.9 Å². The number of amides is 1. The Morgan fingerprint density at radius 1 is 1.14 bits per heavy atom. The van der Waals surface area contributed by atoms with Crippen molar-refractivity contribution >= 4 is 21.8 Å². The molecule has 0 unspecified atom stereocenters. The van der Waals surface area contributed by atoms with Crippen LogP contribution < -0.4 is 15.8 Å². The number of nitrogens with zero attached hydrogens (tertiary/aromatic N) is 1. The highest BCUT2D eigenvalue weighted by Gasteiger charge is 2.33. The molecule has 9 nitrogen and oxygen atoms in total. The number of anilines is 1. The van der Waals surface area contributed by atoms with Crippen LogP contribution in [-0.2, 0) is 29.4 Å². The van der Waals surface area contributed by atoms with Gasteiger partial charge in [0.2, 0.25) is 15.9 Å². The van der Waals surface area contributed by atoms with E-state index in [0.29, 0.717) is 12.6 Å². The Labute approximate surface area is 207 Å². The maximum absolute atomic E-state index is 13.9. The molecule has 0 aliphatic heterocycles. The molecule has 0 radical (unpaired) electrons. The molecular weight excluding hydrogens is 494 g/mol. The summed E-state index contributed by atoms with van der Waals surface area (Å²) in [7, 11) is -3.87. The van der Waals surface area contributed by atoms with Crippen LogP contribution in [0.1, 0.15) is 45.6 Å². The number of aliphatic hydroxyl groups excluding tert-OH is 1. The molecule has 3 aromatic rings. The highest BCUT2D eigenvalue weighted by atomic mass is 32.2. The first-order valence-corrected chi connectivity index (χ1v) is 13.0. The Kier molecular flexibility index (Phi) is 8.77. The van der Waals surface area contributed by atoms with Crippen molar-refractivity contribution in [3.05, 3.63) is 82.0 Å². The molecule has 0 saturated heterocycles. The van der Waals surface area contributed by atoms with Crippen molar-refractivity contribution in [2.45, 2.75) is 38.3 Å². The van der Waals surface area contributed by atoms with E-state index >= 15 is 0 Å². The van der Waals surface area contributed by atoms with Crippen LogP contribution in [0, 0.1) is 11.6 Å². The van der Waals surface area contributed by atoms with Gasteiger partial charge in [0.1, 0.15) is 11.6 Å². The Morgan fingerprint density at radius 2 is 1.81 bits per heavy atom. The molecule has 0 spiro atoms. The van der Waals surface area contributed by atoms with Gasteiger partial charge in [-0.1, -0.05) is 36.3 Å². The van der Waals surface area contributed by atoms with E-state index in [9.17, 15) is 27.1 Å². The van der Waals surface area contributed by atoms with Crippen LogP contribution in [0.25, 0.3) is 0 Å². The number of aryl methyl sites for hydroxylation is 1. The summed E-state index contributed by atoms with van der Waals surface area (Å²) in [5.74, 6) is -4.17. The molecule has 2 atom stereocenters. The number of halogens is 2. The molecule has 1 heterocycles. The Balaban J connectivity index is 1.94. The van der Waals surface area contributed by atoms with Crippen molar-refractivity contribution < 1.29 is 31.6 Å². The summed E-state index contributed by atoms with van der Waals surface area (Å²) in [6.45, 7) is 2.43. The zero-order valence-corrected chi connectivity index (χ0v) is 20.6. The summed E-state index contributed by atoms with van der Waals surface area (Å²) in [5, 5.41) is 17.8. The van der Waals surface area contributed by atoms with E-state index in [4.69, 9.17) is 10.3 Å². The summed E-state index contributed by atoms with van der Waals surface area (Å²) in [5.41, 5.74) is 7.19. The number of carbonyl (C=O) groups excluding carboxylic acids is 1. The number of nitrogens with one attached hydrogen (secondary N) is 2. The average Bonchev–Trinajstić information content (AvgIpc) is 3.18. The lowest BCUT2D eigenvalue weighted by Gasteiger charge is -2.24. The van der Waals surface area contributed by atoms with Crippen LogP contribution in [0.2, 0.25) is 0 Å². The van der Waals surface area contributed by atoms with Gasteiger partial charge in [-0.2, -0.15) is 0 Å². The highest BCUT2D eigenvalue weighted by molar-refractivity contribution is 7.92. The number of sulfonamides is 1. The predicted octanol–water partition coefficient (Wildman–Crippen LogP) is 2.46. The fraction of sp³-hybridized carbons (Fsp3) is 0.333. The monoisotopic (exact) mass is 522 g/mol. The van der Waals surface area contributed by atoms with Crippen molar-refractivity contribution in [3.63, 3.8) is 0 Å². The van der Waals surface area contributed by atoms with Crippen molar-refractivity contribution in [1.82, 2.24) is 10.5 Å². The first-order chi connectivity index (χ1) is 17.0. The summed E-state index contributed by atoms with van der Waals surface area (Å²) in [6.07, 6.45) is 0.288. The Hall–Kier alpha value is -3.35. The van der Waals surface area contributed by atoms with Gasteiger partial charge in [-0.05, 0) is 41.7 Å². The number of benzene rings is 2. The van der Waals surface area contributed by atoms with Gasteiger partial charge in [0.05, 0.1) is 17.9 Å². The third kappa shape index (κ3) is 7.33. The second-order valence-corrected chi connectivity index (χ2v) is 10.2. The van der Waals surface area contributed by atoms with Crippen LogP contribution in [0.4, 0.5) is 14.7 Å². The molecule has 0 aliphatic carbocycles. The maximum atomic E-state index is 13.9. The van der Waals surface area contributed by atoms with Gasteiger partial charge >= 0.3 is 0 Å². The van der Waals surface area contributed by atoms with E-state index in [1.54, 1.807) is 0 Å². The summed E-state index contributed by atoms with van der Waals surface area (Å²) in [6, 6.07) is 10.7. The van der Waals surface area contributed by atoms with Crippen LogP contribution in [0.3, 0.4) is 0 Å². The van der Waals surface area contributed by atoms with Gasteiger partial charge in [0, 0.05) is 25.1 Å². The minimum Gasteiger partial charge on any atom is -0.391 e. The zero-order valence-electron chi connectivity index (χ0n) is 19.8. The van der Waals surface area contributed by atoms with Crippen molar-refractivity contribution in [2.75, 3.05) is 17.5 Å². The molecule has 1 aromatic heterocycles. The topological polar surface area (TPSA) is 148 Å². The number of hydrogen-bond donors (Lipinski definition) is 4. The standard InChI is InChI=1S/C24H28F2N4O5S/c1-3-14-5-4-6-15(7-14)12-28-13-20(31)19(10-16-8-17(25)11-18(26)9-16)21-22(23(27)32)29-35-24(21)30-36(2,33)34/h4-9,11,19-20,28,30-31H,3,10,12-13H2,1-2H3,(H2,27,32)/t19-,20+/m1/s1. The van der Waals surface area contributed by atoms with Crippen LogP contribution in [0.15, 0.2) is 47.0 Å². The zero-order chi connectivity index (χ0) is 26.5. The largest absolute Gasteiger partial charge is 0.391 e. The molecule has 0 bridgehead atoms. The molecule has 0 saturated carbocycles. The number of aromatic nitrogens is 1. The summed E-state index contributed by atoms with van der Waals surface area (Å²) < 4.78 is 58.6. The van der Waals surface area contributed by atoms with Gasteiger partial charge in [-0.3, -0.25) is 9.52 Å². The molecule has 2 aromatic carbocycles. The normalized spacial score (nSPS) is 13.4. The molecule has 194 valence electrons. The van der Waals surface area contributed by atoms with E-state index in [2.05, 4.69) is 15.2 Å². The lowest BCUT2D eigenvalue weighted by Crippen LogP contribution is -2.34. The number of rotatable bonds is 12. The Bertz CT molecular complexity index is 1310. The quantitative estimate of drug-likeness (QED) is 0.286. The van der Waals surface area contributed by atoms with Gasteiger partial charge in [-0.15, -0.1) is 0 Å². The van der Waals surface area contributed by atoms with Crippen LogP contribution in [0.5, 0.6) is 0 Å². The second-order valence-electron chi connectivity index (χ2n) is 8.47. The second kappa shape index (κ2) is 11.6. The van der Waals surface area contributed by atoms with Crippen molar-refractivity contribution in [3.8, 4) is 0 Å². The molecular formula is C24H28F2N4O5S. The maximum Gasteiger partial charge on any atom is 0.271 e. The highest BCUT2D eigenvalue weighted by Crippen LogP contribution is 2.34. The molecule has 3 rings (SSSR count). The van der Waals surface area contributed by atoms with E-state index in [1.165, 1.54) is 0 Å². The molecule has 36 heavy (non-hydrogen) atoms. The predicted molar refractivity (Wildman–Crippen MR) is 130 cm³/mol. The SMILES string of the molecule is CCc1cccc(CNC[C@H](O)[C@@H](Cc2cc(F)cc(F)c2)c2c(C(N)=O)noc2NS(C)(=O)=O)c1. The summed E-state index contributed by atoms with van der Waals surface area (Å²) in [4.78, 5) is 12.1. The lowest BCUT2D eigenvalue weighted by molar-refractivity contribution is 0.0987. The van der Waals surface area contributed by atoms with Crippen molar-refractivity contribution in [1.29, 1.82) is 0 Å². The molecule has 0 fully saturated rings. The number of primary amides is 1. The number of nitrogens with two attached hydrogens (primary N) is 1. The fourth-order valence-electron chi connectivity index (χ4n) is 3.94. The van der Waals surface area contributed by atoms with Crippen LogP contribution >= 0.6 is 0 Å².